The number of amides is 1. The summed E-state index contributed by atoms with van der Waals surface area (Å²) in [4.78, 5) is 41.9. The van der Waals surface area contributed by atoms with Crippen molar-refractivity contribution in [3.05, 3.63) is 27.6 Å². The molecule has 142 valence electrons. The number of nitrogens with one attached hydrogen (secondary N) is 1. The number of carbonyl (C=O) groups is 3. The summed E-state index contributed by atoms with van der Waals surface area (Å²) in [5.41, 5.74) is 0.772. The minimum atomic E-state index is -0.283. The molecule has 2 heterocycles. The molecule has 0 saturated carbocycles. The minimum Gasteiger partial charge on any atom is -0.302 e. The lowest BCUT2D eigenvalue weighted by Crippen LogP contribution is -2.13. The normalized spacial score (nSPS) is 10.4. The lowest BCUT2D eigenvalue weighted by Gasteiger charge is -2.02. The first-order valence-corrected chi connectivity index (χ1v) is 10.9. The van der Waals surface area contributed by atoms with Crippen LogP contribution in [0.4, 0.5) is 5.13 Å². The number of ketones is 2. The Balaban J connectivity index is 1.72. The molecule has 2 aromatic rings. The van der Waals surface area contributed by atoms with Crippen LogP contribution in [0.25, 0.3) is 0 Å². The largest absolute Gasteiger partial charge is 0.302 e. The molecule has 2 rings (SSSR count). The van der Waals surface area contributed by atoms with Crippen LogP contribution in [0.5, 0.6) is 0 Å². The van der Waals surface area contributed by atoms with Crippen LogP contribution in [0.15, 0.2) is 16.3 Å². The quantitative estimate of drug-likeness (QED) is 0.451. The maximum Gasteiger partial charge on any atom is 0.226 e. The van der Waals surface area contributed by atoms with E-state index in [9.17, 15) is 14.4 Å². The molecule has 0 saturated heterocycles. The molecule has 0 atom stereocenters. The van der Waals surface area contributed by atoms with E-state index in [2.05, 4.69) is 16.4 Å². The molecule has 0 aliphatic rings. The van der Waals surface area contributed by atoms with E-state index in [1.54, 1.807) is 6.07 Å². The Labute approximate surface area is 170 Å². The van der Waals surface area contributed by atoms with Gasteiger partial charge in [-0.15, -0.1) is 11.3 Å². The standard InChI is InChI=1S/C18H19N3O3S3/c1-11-3-7-15(26-11)14(23)6-4-13(22)5-8-16(24)21-18-20-12(2)17(27-18)25-10-9-19/h3,7H,4-6,8,10H2,1-2H3,(H,20,21,24). The topological polar surface area (TPSA) is 99.9 Å². The van der Waals surface area contributed by atoms with Crippen molar-refractivity contribution < 1.29 is 14.4 Å². The van der Waals surface area contributed by atoms with E-state index in [1.165, 1.54) is 34.4 Å². The summed E-state index contributed by atoms with van der Waals surface area (Å²) in [6, 6.07) is 5.71. The maximum atomic E-state index is 12.0. The van der Waals surface area contributed by atoms with Crippen LogP contribution in [-0.4, -0.2) is 28.2 Å². The van der Waals surface area contributed by atoms with Gasteiger partial charge in [-0.25, -0.2) is 4.98 Å². The number of thiazole rings is 1. The highest BCUT2D eigenvalue weighted by atomic mass is 32.2. The Morgan fingerprint density at radius 2 is 1.89 bits per heavy atom. The van der Waals surface area contributed by atoms with E-state index in [0.717, 1.165) is 14.8 Å². The monoisotopic (exact) mass is 421 g/mol. The van der Waals surface area contributed by atoms with Gasteiger partial charge in [0, 0.05) is 30.6 Å². The van der Waals surface area contributed by atoms with E-state index >= 15 is 0 Å². The van der Waals surface area contributed by atoms with Gasteiger partial charge in [-0.1, -0.05) is 23.1 Å². The molecule has 0 spiro atoms. The van der Waals surface area contributed by atoms with Gasteiger partial charge in [-0.2, -0.15) is 5.26 Å². The number of anilines is 1. The molecule has 1 amide bonds. The third-order valence-corrected chi connectivity index (χ3v) is 6.89. The van der Waals surface area contributed by atoms with Crippen LogP contribution in [0.2, 0.25) is 0 Å². The van der Waals surface area contributed by atoms with Crippen LogP contribution < -0.4 is 5.32 Å². The SMILES string of the molecule is Cc1ccc(C(=O)CCC(=O)CCC(=O)Nc2nc(C)c(SCC#N)s2)s1. The van der Waals surface area contributed by atoms with Gasteiger partial charge in [-0.05, 0) is 26.0 Å². The van der Waals surface area contributed by atoms with Gasteiger partial charge in [0.15, 0.2) is 10.9 Å². The summed E-state index contributed by atoms with van der Waals surface area (Å²) in [7, 11) is 0. The molecule has 1 N–H and O–H groups in total. The predicted molar refractivity (Wildman–Crippen MR) is 109 cm³/mol. The summed E-state index contributed by atoms with van der Waals surface area (Å²) in [6.07, 6.45) is 0.480. The Kier molecular flexibility index (Phi) is 8.16. The van der Waals surface area contributed by atoms with Gasteiger partial charge in [0.1, 0.15) is 5.78 Å². The molecule has 0 aliphatic carbocycles. The van der Waals surface area contributed by atoms with Crippen LogP contribution in [0.3, 0.4) is 0 Å². The number of carbonyl (C=O) groups excluding carboxylic acids is 3. The third-order valence-electron chi connectivity index (χ3n) is 3.55. The van der Waals surface area contributed by atoms with E-state index in [1.807, 2.05) is 19.9 Å². The zero-order chi connectivity index (χ0) is 19.8. The summed E-state index contributed by atoms with van der Waals surface area (Å²) in [5, 5.41) is 11.8. The average molecular weight is 422 g/mol. The molecule has 0 bridgehead atoms. The Hall–Kier alpha value is -2.02. The summed E-state index contributed by atoms with van der Waals surface area (Å²) in [5.74, 6) is -0.0950. The second kappa shape index (κ2) is 10.3. The number of hydrogen-bond acceptors (Lipinski definition) is 8. The van der Waals surface area contributed by atoms with Gasteiger partial charge >= 0.3 is 0 Å². The fourth-order valence-corrected chi connectivity index (χ4v) is 4.84. The molecule has 0 fully saturated rings. The first-order valence-electron chi connectivity index (χ1n) is 8.27. The van der Waals surface area contributed by atoms with Crippen molar-refractivity contribution in [2.75, 3.05) is 11.1 Å². The van der Waals surface area contributed by atoms with Crippen LogP contribution in [0.1, 0.15) is 45.9 Å². The number of rotatable bonds is 10. The van der Waals surface area contributed by atoms with Crippen molar-refractivity contribution in [3.63, 3.8) is 0 Å². The van der Waals surface area contributed by atoms with Gasteiger partial charge in [0.05, 0.1) is 26.6 Å². The fourth-order valence-electron chi connectivity index (χ4n) is 2.19. The number of thioether (sulfide) groups is 1. The van der Waals surface area contributed by atoms with Gasteiger partial charge in [0.2, 0.25) is 5.91 Å². The lowest BCUT2D eigenvalue weighted by atomic mass is 10.1. The highest BCUT2D eigenvalue weighted by Gasteiger charge is 2.14. The first-order chi connectivity index (χ1) is 12.9. The maximum absolute atomic E-state index is 12.0. The summed E-state index contributed by atoms with van der Waals surface area (Å²) in [6.45, 7) is 3.75. The highest BCUT2D eigenvalue weighted by Crippen LogP contribution is 2.31. The van der Waals surface area contributed by atoms with Crippen molar-refractivity contribution in [2.45, 2.75) is 43.7 Å². The molecule has 0 aliphatic heterocycles. The van der Waals surface area contributed by atoms with Gasteiger partial charge < -0.3 is 5.32 Å². The van der Waals surface area contributed by atoms with Crippen molar-refractivity contribution in [2.24, 2.45) is 0 Å². The predicted octanol–water partition coefficient (Wildman–Crippen LogP) is 4.39. The van der Waals surface area contributed by atoms with Gasteiger partial charge in [-0.3, -0.25) is 14.4 Å². The lowest BCUT2D eigenvalue weighted by molar-refractivity contribution is -0.122. The highest BCUT2D eigenvalue weighted by molar-refractivity contribution is 8.01. The van der Waals surface area contributed by atoms with E-state index < -0.39 is 0 Å². The molecule has 0 unspecified atom stereocenters. The summed E-state index contributed by atoms with van der Waals surface area (Å²) < 4.78 is 0.894. The molecule has 27 heavy (non-hydrogen) atoms. The third kappa shape index (κ3) is 6.90. The number of nitriles is 1. The Morgan fingerprint density at radius 1 is 1.15 bits per heavy atom. The zero-order valence-corrected chi connectivity index (χ0v) is 17.5. The average Bonchev–Trinajstić information content (AvgIpc) is 3.21. The first kappa shape index (κ1) is 21.3. The number of aromatic nitrogens is 1. The number of nitrogens with zero attached hydrogens (tertiary/aromatic N) is 2. The van der Waals surface area contributed by atoms with Crippen LogP contribution in [-0.2, 0) is 9.59 Å². The number of hydrogen-bond donors (Lipinski definition) is 1. The van der Waals surface area contributed by atoms with Gasteiger partial charge in [0.25, 0.3) is 0 Å². The zero-order valence-electron chi connectivity index (χ0n) is 15.0. The van der Waals surface area contributed by atoms with E-state index in [0.29, 0.717) is 15.8 Å². The fraction of sp³-hybridized carbons (Fsp3) is 0.389. The minimum absolute atomic E-state index is 0.0356. The molecule has 0 aromatic carbocycles. The molecular formula is C18H19N3O3S3. The van der Waals surface area contributed by atoms with E-state index in [4.69, 9.17) is 5.26 Å². The number of thiophene rings is 1. The van der Waals surface area contributed by atoms with E-state index in [-0.39, 0.29) is 43.2 Å². The van der Waals surface area contributed by atoms with Crippen molar-refractivity contribution in [1.29, 1.82) is 5.26 Å². The smallest absolute Gasteiger partial charge is 0.226 e. The number of Topliss-reactive ketones (excluding diaryl/α,β-unsaturated/α-hetero) is 2. The second-order valence-electron chi connectivity index (χ2n) is 5.76. The number of aryl methyl sites for hydroxylation is 2. The van der Waals surface area contributed by atoms with Crippen LogP contribution >= 0.6 is 34.4 Å². The molecule has 0 radical (unpaired) electrons. The summed E-state index contributed by atoms with van der Waals surface area (Å²) >= 11 is 4.12. The van der Waals surface area contributed by atoms with Crippen molar-refractivity contribution in [1.82, 2.24) is 4.98 Å². The van der Waals surface area contributed by atoms with Crippen LogP contribution in [0, 0.1) is 25.2 Å². The van der Waals surface area contributed by atoms with Crippen molar-refractivity contribution in [3.8, 4) is 6.07 Å². The second-order valence-corrected chi connectivity index (χ2v) is 9.29. The Morgan fingerprint density at radius 3 is 2.56 bits per heavy atom. The molecule has 6 nitrogen and oxygen atoms in total. The Bertz CT molecular complexity index is 880. The molecule has 2 aromatic heterocycles. The molecule has 9 heteroatoms. The molecular weight excluding hydrogens is 402 g/mol. The van der Waals surface area contributed by atoms with Crippen molar-refractivity contribution >= 4 is 57.0 Å².